The minimum atomic E-state index is -0.0782. The number of ether oxygens (including phenoxy) is 1. The maximum Gasteiger partial charge on any atom is 0.267 e. The Morgan fingerprint density at radius 1 is 1.40 bits per heavy atom. The first-order chi connectivity index (χ1) is 12.3. The lowest BCUT2D eigenvalue weighted by molar-refractivity contribution is 0.0161. The first kappa shape index (κ1) is 16.3. The summed E-state index contributed by atoms with van der Waals surface area (Å²) in [5.41, 5.74) is 2.72. The monoisotopic (exact) mass is 356 g/mol. The molecule has 1 aliphatic rings. The van der Waals surface area contributed by atoms with E-state index < -0.39 is 0 Å². The van der Waals surface area contributed by atoms with E-state index in [0.29, 0.717) is 12.2 Å². The van der Waals surface area contributed by atoms with Gasteiger partial charge in [-0.3, -0.25) is 14.7 Å². The molecule has 0 spiro atoms. The van der Waals surface area contributed by atoms with Gasteiger partial charge in [0.05, 0.1) is 29.5 Å². The van der Waals surface area contributed by atoms with Gasteiger partial charge in [0.15, 0.2) is 0 Å². The number of thiophene rings is 1. The molecule has 1 aliphatic heterocycles. The molecule has 1 atom stereocenters. The molecule has 130 valence electrons. The van der Waals surface area contributed by atoms with E-state index in [1.807, 2.05) is 29.8 Å². The Morgan fingerprint density at radius 3 is 3.04 bits per heavy atom. The van der Waals surface area contributed by atoms with Crippen molar-refractivity contribution in [3.8, 4) is 0 Å². The van der Waals surface area contributed by atoms with Gasteiger partial charge in [-0.15, -0.1) is 11.3 Å². The van der Waals surface area contributed by atoms with Crippen LogP contribution in [0, 0.1) is 0 Å². The number of nitrogens with zero attached hydrogens (tertiary/aromatic N) is 2. The number of aromatic amines is 1. The fourth-order valence-electron chi connectivity index (χ4n) is 3.18. The minimum Gasteiger partial charge on any atom is -0.379 e. The van der Waals surface area contributed by atoms with Crippen LogP contribution in [-0.2, 0) is 4.74 Å². The lowest BCUT2D eigenvalue weighted by atomic mass is 10.1. The van der Waals surface area contributed by atoms with E-state index in [-0.39, 0.29) is 11.9 Å². The van der Waals surface area contributed by atoms with Gasteiger partial charge >= 0.3 is 0 Å². The highest BCUT2D eigenvalue weighted by Gasteiger charge is 2.23. The average Bonchev–Trinajstić information content (AvgIpc) is 3.26. The number of amides is 1. The topological polar surface area (TPSA) is 70.2 Å². The molecule has 4 heterocycles. The Balaban J connectivity index is 1.48. The Hall–Kier alpha value is -2.22. The molecule has 0 unspecified atom stereocenters. The lowest BCUT2D eigenvalue weighted by Gasteiger charge is -2.34. The summed E-state index contributed by atoms with van der Waals surface area (Å²) in [5, 5.41) is 5.08. The maximum absolute atomic E-state index is 12.5. The predicted octanol–water partition coefficient (Wildman–Crippen LogP) is 2.43. The number of fused-ring (bicyclic) bond motifs is 1. The van der Waals surface area contributed by atoms with Crippen molar-refractivity contribution in [2.24, 2.45) is 0 Å². The third-order valence-corrected chi connectivity index (χ3v) is 5.36. The normalized spacial score (nSPS) is 16.8. The van der Waals surface area contributed by atoms with E-state index in [1.54, 1.807) is 17.5 Å². The van der Waals surface area contributed by atoms with Gasteiger partial charge in [0.1, 0.15) is 5.69 Å². The largest absolute Gasteiger partial charge is 0.379 e. The van der Waals surface area contributed by atoms with Gasteiger partial charge in [-0.2, -0.15) is 0 Å². The maximum atomic E-state index is 12.5. The molecule has 3 aromatic rings. The quantitative estimate of drug-likeness (QED) is 0.737. The molecule has 1 saturated heterocycles. The van der Waals surface area contributed by atoms with Crippen molar-refractivity contribution in [3.05, 3.63) is 53.3 Å². The van der Waals surface area contributed by atoms with Crippen molar-refractivity contribution in [1.29, 1.82) is 0 Å². The number of pyridine rings is 1. The second-order valence-electron chi connectivity index (χ2n) is 6.04. The summed E-state index contributed by atoms with van der Waals surface area (Å²) < 4.78 is 6.56. The lowest BCUT2D eigenvalue weighted by Crippen LogP contribution is -2.43. The molecule has 2 N–H and O–H groups in total. The van der Waals surface area contributed by atoms with Gasteiger partial charge < -0.3 is 15.0 Å². The number of nitrogens with one attached hydrogen (secondary N) is 2. The fraction of sp³-hybridized carbons (Fsp3) is 0.333. The zero-order chi connectivity index (χ0) is 17.1. The van der Waals surface area contributed by atoms with E-state index in [4.69, 9.17) is 4.74 Å². The smallest absolute Gasteiger partial charge is 0.267 e. The summed E-state index contributed by atoms with van der Waals surface area (Å²) in [6, 6.07) is 7.98. The first-order valence-electron chi connectivity index (χ1n) is 8.37. The molecule has 25 heavy (non-hydrogen) atoms. The number of H-pyrrole nitrogens is 1. The van der Waals surface area contributed by atoms with Crippen LogP contribution in [0.3, 0.4) is 0 Å². The number of carbonyl (C=O) groups excluding carboxylic acids is 1. The molecule has 0 saturated carbocycles. The third kappa shape index (κ3) is 3.58. The SMILES string of the molecule is O=C(NC[C@@H](c1cccnc1)N1CCOCC1)c1cc2sccc2[nH]1. The summed E-state index contributed by atoms with van der Waals surface area (Å²) >= 11 is 1.63. The Morgan fingerprint density at radius 2 is 2.28 bits per heavy atom. The average molecular weight is 356 g/mol. The van der Waals surface area contributed by atoms with Gasteiger partial charge in [0.2, 0.25) is 0 Å². The van der Waals surface area contributed by atoms with Crippen molar-refractivity contribution in [3.63, 3.8) is 0 Å². The van der Waals surface area contributed by atoms with E-state index in [2.05, 4.69) is 26.3 Å². The van der Waals surface area contributed by atoms with Crippen LogP contribution in [0.2, 0.25) is 0 Å². The number of morpholine rings is 1. The molecule has 1 fully saturated rings. The summed E-state index contributed by atoms with van der Waals surface area (Å²) in [5.74, 6) is -0.0782. The second kappa shape index (κ2) is 7.35. The number of carbonyl (C=O) groups is 1. The van der Waals surface area contributed by atoms with Crippen LogP contribution in [0.4, 0.5) is 0 Å². The van der Waals surface area contributed by atoms with Crippen LogP contribution in [0.15, 0.2) is 42.0 Å². The van der Waals surface area contributed by atoms with Crippen LogP contribution >= 0.6 is 11.3 Å². The molecule has 4 rings (SSSR count). The Bertz CT molecular complexity index is 811. The fourth-order valence-corrected chi connectivity index (χ4v) is 3.96. The summed E-state index contributed by atoms with van der Waals surface area (Å²) in [7, 11) is 0. The van der Waals surface area contributed by atoms with Crippen LogP contribution in [0.1, 0.15) is 22.1 Å². The minimum absolute atomic E-state index is 0.0782. The van der Waals surface area contributed by atoms with Crippen molar-refractivity contribution in [2.75, 3.05) is 32.8 Å². The predicted molar refractivity (Wildman–Crippen MR) is 97.9 cm³/mol. The van der Waals surface area contributed by atoms with E-state index in [9.17, 15) is 4.79 Å². The van der Waals surface area contributed by atoms with E-state index in [1.165, 1.54) is 0 Å². The third-order valence-electron chi connectivity index (χ3n) is 4.50. The molecule has 3 aromatic heterocycles. The summed E-state index contributed by atoms with van der Waals surface area (Å²) in [6.07, 6.45) is 3.64. The molecule has 7 heteroatoms. The molecular formula is C18H20N4O2S. The van der Waals surface area contributed by atoms with Gasteiger partial charge in [-0.1, -0.05) is 6.07 Å². The van der Waals surface area contributed by atoms with Crippen molar-refractivity contribution in [1.82, 2.24) is 20.2 Å². The van der Waals surface area contributed by atoms with Crippen molar-refractivity contribution < 1.29 is 9.53 Å². The van der Waals surface area contributed by atoms with E-state index >= 15 is 0 Å². The zero-order valence-corrected chi connectivity index (χ0v) is 14.6. The van der Waals surface area contributed by atoms with Gasteiger partial charge in [-0.25, -0.2) is 0 Å². The standard InChI is InChI=1S/C18H20N4O2S/c23-18(15-10-17-14(21-15)3-9-25-17)20-12-16(13-2-1-4-19-11-13)22-5-7-24-8-6-22/h1-4,9-11,16,21H,5-8,12H2,(H,20,23)/t16-/m0/s1. The molecule has 0 bridgehead atoms. The number of rotatable bonds is 5. The molecule has 0 aliphatic carbocycles. The molecule has 6 nitrogen and oxygen atoms in total. The Kier molecular flexibility index (Phi) is 4.78. The molecule has 0 aromatic carbocycles. The number of aromatic nitrogens is 2. The number of hydrogen-bond acceptors (Lipinski definition) is 5. The molecular weight excluding hydrogens is 336 g/mol. The summed E-state index contributed by atoms with van der Waals surface area (Å²) in [4.78, 5) is 22.3. The van der Waals surface area contributed by atoms with Crippen molar-refractivity contribution >= 4 is 27.5 Å². The highest BCUT2D eigenvalue weighted by atomic mass is 32.1. The van der Waals surface area contributed by atoms with Gasteiger partial charge in [0.25, 0.3) is 5.91 Å². The molecule has 1 amide bonds. The van der Waals surface area contributed by atoms with Crippen LogP contribution in [0.5, 0.6) is 0 Å². The van der Waals surface area contributed by atoms with Crippen LogP contribution < -0.4 is 5.32 Å². The van der Waals surface area contributed by atoms with Crippen molar-refractivity contribution in [2.45, 2.75) is 6.04 Å². The second-order valence-corrected chi connectivity index (χ2v) is 6.99. The number of hydrogen-bond donors (Lipinski definition) is 2. The highest BCUT2D eigenvalue weighted by molar-refractivity contribution is 7.17. The zero-order valence-electron chi connectivity index (χ0n) is 13.8. The van der Waals surface area contributed by atoms with Crippen LogP contribution in [-0.4, -0.2) is 53.6 Å². The first-order valence-corrected chi connectivity index (χ1v) is 9.25. The van der Waals surface area contributed by atoms with Gasteiger partial charge in [-0.05, 0) is 29.1 Å². The summed E-state index contributed by atoms with van der Waals surface area (Å²) in [6.45, 7) is 3.69. The van der Waals surface area contributed by atoms with Crippen LogP contribution in [0.25, 0.3) is 10.2 Å². The Labute approximate surface area is 149 Å². The van der Waals surface area contributed by atoms with Gasteiger partial charge in [0, 0.05) is 32.0 Å². The highest BCUT2D eigenvalue weighted by Crippen LogP contribution is 2.22. The molecule has 0 radical (unpaired) electrons. The van der Waals surface area contributed by atoms with E-state index in [0.717, 1.165) is 42.1 Å².